The van der Waals surface area contributed by atoms with Gasteiger partial charge < -0.3 is 5.32 Å². The summed E-state index contributed by atoms with van der Waals surface area (Å²) < 4.78 is 0. The molecule has 3 rings (SSSR count). The number of hydrogen-bond donors (Lipinski definition) is 1. The summed E-state index contributed by atoms with van der Waals surface area (Å²) in [5.74, 6) is 0.282. The summed E-state index contributed by atoms with van der Waals surface area (Å²) in [6, 6.07) is 14.4. The number of para-hydroxylation sites is 1. The van der Waals surface area contributed by atoms with Gasteiger partial charge in [-0.25, -0.2) is 0 Å². The summed E-state index contributed by atoms with van der Waals surface area (Å²) in [5, 5.41) is 3.03. The highest BCUT2D eigenvalue weighted by atomic mass is 16.1. The average Bonchev–Trinajstić information content (AvgIpc) is 2.65. The van der Waals surface area contributed by atoms with Gasteiger partial charge in [-0.1, -0.05) is 55.8 Å². The minimum Gasteiger partial charge on any atom is -0.324 e. The van der Waals surface area contributed by atoms with Crippen molar-refractivity contribution in [3.8, 4) is 0 Å². The second-order valence-electron chi connectivity index (χ2n) is 6.01. The third-order valence-corrected chi connectivity index (χ3v) is 3.91. The highest BCUT2D eigenvalue weighted by molar-refractivity contribution is 6.19. The Morgan fingerprint density at radius 2 is 1.91 bits per heavy atom. The van der Waals surface area contributed by atoms with Gasteiger partial charge in [-0.05, 0) is 24.5 Å². The van der Waals surface area contributed by atoms with Gasteiger partial charge in [-0.3, -0.25) is 9.79 Å². The van der Waals surface area contributed by atoms with Crippen molar-refractivity contribution in [1.82, 2.24) is 0 Å². The van der Waals surface area contributed by atoms with Gasteiger partial charge >= 0.3 is 0 Å². The molecule has 1 aliphatic rings. The van der Waals surface area contributed by atoms with E-state index in [4.69, 9.17) is 0 Å². The van der Waals surface area contributed by atoms with Crippen LogP contribution in [0.25, 0.3) is 0 Å². The fraction of sp³-hybridized carbons (Fsp3) is 0.263. The van der Waals surface area contributed by atoms with Crippen molar-refractivity contribution < 1.29 is 4.79 Å². The molecule has 0 bridgehead atoms. The van der Waals surface area contributed by atoms with E-state index in [0.29, 0.717) is 5.92 Å². The monoisotopic (exact) mass is 292 g/mol. The number of amides is 1. The van der Waals surface area contributed by atoms with Crippen molar-refractivity contribution in [2.75, 3.05) is 11.9 Å². The molecule has 0 aliphatic carbocycles. The van der Waals surface area contributed by atoms with Crippen LogP contribution in [-0.4, -0.2) is 18.2 Å². The maximum Gasteiger partial charge on any atom is 0.246 e. The molecule has 0 fully saturated rings. The second kappa shape index (κ2) is 5.76. The van der Waals surface area contributed by atoms with Crippen LogP contribution in [0.4, 0.5) is 5.69 Å². The van der Waals surface area contributed by atoms with E-state index in [9.17, 15) is 4.79 Å². The molecule has 0 spiro atoms. The van der Waals surface area contributed by atoms with Crippen LogP contribution >= 0.6 is 0 Å². The van der Waals surface area contributed by atoms with E-state index in [-0.39, 0.29) is 12.5 Å². The van der Waals surface area contributed by atoms with E-state index in [1.54, 1.807) is 0 Å². The Balaban J connectivity index is 2.22. The van der Waals surface area contributed by atoms with E-state index < -0.39 is 0 Å². The Morgan fingerprint density at radius 3 is 2.64 bits per heavy atom. The molecule has 0 atom stereocenters. The molecule has 0 radical (unpaired) electrons. The molecule has 22 heavy (non-hydrogen) atoms. The van der Waals surface area contributed by atoms with Crippen LogP contribution in [0.15, 0.2) is 47.5 Å². The minimum absolute atomic E-state index is 0.0583. The van der Waals surface area contributed by atoms with Gasteiger partial charge in [-0.15, -0.1) is 0 Å². The van der Waals surface area contributed by atoms with Gasteiger partial charge in [0.1, 0.15) is 6.54 Å². The Hall–Kier alpha value is -2.42. The zero-order valence-corrected chi connectivity index (χ0v) is 13.2. The molecule has 0 unspecified atom stereocenters. The van der Waals surface area contributed by atoms with Crippen LogP contribution in [0.3, 0.4) is 0 Å². The molecule has 112 valence electrons. The van der Waals surface area contributed by atoms with Gasteiger partial charge in [0.05, 0.1) is 11.4 Å². The molecule has 1 amide bonds. The number of benzodiazepines with no additional fused rings is 1. The van der Waals surface area contributed by atoms with Gasteiger partial charge in [-0.2, -0.15) is 0 Å². The molecular formula is C19H20N2O. The summed E-state index contributed by atoms with van der Waals surface area (Å²) in [6.45, 7) is 6.50. The van der Waals surface area contributed by atoms with Crippen molar-refractivity contribution >= 4 is 17.3 Å². The van der Waals surface area contributed by atoms with Crippen LogP contribution in [0, 0.1) is 6.92 Å². The highest BCUT2D eigenvalue weighted by Crippen LogP contribution is 2.31. The molecule has 3 heteroatoms. The van der Waals surface area contributed by atoms with Gasteiger partial charge in [0.25, 0.3) is 0 Å². The summed E-state index contributed by atoms with van der Waals surface area (Å²) in [7, 11) is 0. The zero-order valence-electron chi connectivity index (χ0n) is 13.2. The van der Waals surface area contributed by atoms with E-state index in [1.165, 1.54) is 5.56 Å². The van der Waals surface area contributed by atoms with Gasteiger partial charge in [0, 0.05) is 11.1 Å². The van der Waals surface area contributed by atoms with Crippen LogP contribution in [0.5, 0.6) is 0 Å². The number of carbonyl (C=O) groups is 1. The second-order valence-corrected chi connectivity index (χ2v) is 6.01. The van der Waals surface area contributed by atoms with Crippen molar-refractivity contribution in [3.63, 3.8) is 0 Å². The number of anilines is 1. The molecule has 0 saturated carbocycles. The Kier molecular flexibility index (Phi) is 3.80. The smallest absolute Gasteiger partial charge is 0.246 e. The first-order chi connectivity index (χ1) is 10.6. The number of aliphatic imine (C=N–C) groups is 1. The number of carbonyl (C=O) groups excluding carboxylic acids is 1. The van der Waals surface area contributed by atoms with E-state index in [2.05, 4.69) is 49.3 Å². The average molecular weight is 292 g/mol. The van der Waals surface area contributed by atoms with E-state index in [0.717, 1.165) is 28.1 Å². The van der Waals surface area contributed by atoms with Crippen LogP contribution in [0.2, 0.25) is 0 Å². The lowest BCUT2D eigenvalue weighted by atomic mass is 9.93. The Bertz CT molecular complexity index is 760. The fourth-order valence-electron chi connectivity index (χ4n) is 2.84. The predicted molar refractivity (Wildman–Crippen MR) is 90.8 cm³/mol. The Morgan fingerprint density at radius 1 is 1.14 bits per heavy atom. The number of fused-ring (bicyclic) bond motifs is 1. The van der Waals surface area contributed by atoms with E-state index in [1.807, 2.05) is 24.3 Å². The highest BCUT2D eigenvalue weighted by Gasteiger charge is 2.21. The standard InChI is InChI=1S/C19H20N2O/c1-12(2)15-8-5-9-16-18(14-7-4-6-13(3)10-14)20-11-17(22)21-19(15)16/h4-10,12H,11H2,1-3H3,(H,21,22). The lowest BCUT2D eigenvalue weighted by Crippen LogP contribution is -2.15. The van der Waals surface area contributed by atoms with Gasteiger partial charge in [0.2, 0.25) is 5.91 Å². The third kappa shape index (κ3) is 2.67. The molecular weight excluding hydrogens is 272 g/mol. The molecule has 2 aromatic carbocycles. The van der Waals surface area contributed by atoms with Crippen molar-refractivity contribution in [2.24, 2.45) is 4.99 Å². The number of hydrogen-bond acceptors (Lipinski definition) is 2. The quantitative estimate of drug-likeness (QED) is 0.896. The third-order valence-electron chi connectivity index (χ3n) is 3.91. The largest absolute Gasteiger partial charge is 0.324 e. The molecule has 1 heterocycles. The topological polar surface area (TPSA) is 41.5 Å². The maximum atomic E-state index is 12.0. The molecule has 1 aliphatic heterocycles. The van der Waals surface area contributed by atoms with E-state index >= 15 is 0 Å². The molecule has 2 aromatic rings. The number of aryl methyl sites for hydroxylation is 1. The Labute approximate surface area is 131 Å². The summed E-state index contributed by atoms with van der Waals surface area (Å²) in [4.78, 5) is 16.6. The van der Waals surface area contributed by atoms with Crippen molar-refractivity contribution in [2.45, 2.75) is 26.7 Å². The van der Waals surface area contributed by atoms with Crippen molar-refractivity contribution in [3.05, 3.63) is 64.7 Å². The summed E-state index contributed by atoms with van der Waals surface area (Å²) >= 11 is 0. The number of nitrogens with one attached hydrogen (secondary N) is 1. The number of nitrogens with zero attached hydrogens (tertiary/aromatic N) is 1. The first-order valence-corrected chi connectivity index (χ1v) is 7.61. The maximum absolute atomic E-state index is 12.0. The van der Waals surface area contributed by atoms with Crippen LogP contribution in [-0.2, 0) is 4.79 Å². The summed E-state index contributed by atoms with van der Waals surface area (Å²) in [6.07, 6.45) is 0. The lowest BCUT2D eigenvalue weighted by molar-refractivity contribution is -0.114. The predicted octanol–water partition coefficient (Wildman–Crippen LogP) is 3.91. The fourth-order valence-corrected chi connectivity index (χ4v) is 2.84. The minimum atomic E-state index is -0.0583. The number of benzene rings is 2. The van der Waals surface area contributed by atoms with Crippen molar-refractivity contribution in [1.29, 1.82) is 0 Å². The normalized spacial score (nSPS) is 14.2. The zero-order chi connectivity index (χ0) is 15.7. The molecule has 0 aromatic heterocycles. The molecule has 0 saturated heterocycles. The first-order valence-electron chi connectivity index (χ1n) is 7.61. The van der Waals surface area contributed by atoms with Crippen LogP contribution in [0.1, 0.15) is 42.0 Å². The summed E-state index contributed by atoms with van der Waals surface area (Å²) in [5.41, 5.74) is 6.18. The molecule has 3 nitrogen and oxygen atoms in total. The molecule has 1 N–H and O–H groups in total. The van der Waals surface area contributed by atoms with Crippen LogP contribution < -0.4 is 5.32 Å². The van der Waals surface area contributed by atoms with Gasteiger partial charge in [0.15, 0.2) is 0 Å². The number of rotatable bonds is 2. The first kappa shape index (κ1) is 14.5. The SMILES string of the molecule is Cc1cccc(C2=NCC(=O)Nc3c2cccc3C(C)C)c1. The lowest BCUT2D eigenvalue weighted by Gasteiger charge is -2.17.